The van der Waals surface area contributed by atoms with Crippen molar-refractivity contribution >= 4 is 49.1 Å². The van der Waals surface area contributed by atoms with Gasteiger partial charge in [-0.15, -0.1) is 11.3 Å². The zero-order chi connectivity index (χ0) is 12.8. The van der Waals surface area contributed by atoms with Gasteiger partial charge in [-0.1, -0.05) is 0 Å². The van der Waals surface area contributed by atoms with Crippen LogP contribution in [0, 0.1) is 0 Å². The van der Waals surface area contributed by atoms with E-state index in [9.17, 15) is 4.79 Å². The molecule has 1 amide bonds. The van der Waals surface area contributed by atoms with Gasteiger partial charge in [0.1, 0.15) is 0 Å². The lowest BCUT2D eigenvalue weighted by atomic mass is 10.2. The van der Waals surface area contributed by atoms with Gasteiger partial charge >= 0.3 is 0 Å². The first-order chi connectivity index (χ1) is 8.08. The summed E-state index contributed by atoms with van der Waals surface area (Å²) in [5, 5.41) is 11.9. The number of amides is 1. The van der Waals surface area contributed by atoms with Gasteiger partial charge in [-0.05, 0) is 44.3 Å². The molecule has 4 nitrogen and oxygen atoms in total. The predicted molar refractivity (Wildman–Crippen MR) is 74.6 cm³/mol. The Hall–Kier alpha value is 0.0500. The average Bonchev–Trinajstić information content (AvgIpc) is 2.65. The molecule has 7 heteroatoms. The lowest BCUT2D eigenvalue weighted by molar-refractivity contribution is 0.0899. The Morgan fingerprint density at radius 1 is 1.65 bits per heavy atom. The molecule has 1 heterocycles. The fourth-order valence-electron chi connectivity index (χ4n) is 1.18. The number of nitrogens with one attached hydrogen (secondary N) is 1. The van der Waals surface area contributed by atoms with E-state index in [4.69, 9.17) is 9.84 Å². The summed E-state index contributed by atoms with van der Waals surface area (Å²) in [4.78, 5) is 12.4. The van der Waals surface area contributed by atoms with E-state index in [2.05, 4.69) is 37.2 Å². The second-order valence-corrected chi connectivity index (χ2v) is 6.59. The quantitative estimate of drug-likeness (QED) is 0.789. The monoisotopic (exact) mass is 385 g/mol. The molecule has 1 atom stereocenters. The minimum atomic E-state index is -0.276. The van der Waals surface area contributed by atoms with Crippen LogP contribution in [0.1, 0.15) is 16.1 Å². The molecule has 2 N–H and O–H groups in total. The van der Waals surface area contributed by atoms with Crippen LogP contribution in [0.3, 0.4) is 0 Å². The van der Waals surface area contributed by atoms with E-state index in [0.717, 1.165) is 8.26 Å². The van der Waals surface area contributed by atoms with E-state index in [1.54, 1.807) is 13.2 Å². The second kappa shape index (κ2) is 7.48. The topological polar surface area (TPSA) is 58.6 Å². The van der Waals surface area contributed by atoms with Crippen molar-refractivity contribution in [3.8, 4) is 0 Å². The third-order valence-corrected chi connectivity index (χ3v) is 5.35. The van der Waals surface area contributed by atoms with Crippen LogP contribution >= 0.6 is 43.2 Å². The zero-order valence-corrected chi connectivity index (χ0v) is 13.2. The third kappa shape index (κ3) is 4.67. The Labute approximate surface area is 121 Å². The maximum absolute atomic E-state index is 11.8. The Kier molecular flexibility index (Phi) is 6.65. The first-order valence-corrected chi connectivity index (χ1v) is 7.34. The number of hydrogen-bond acceptors (Lipinski definition) is 4. The predicted octanol–water partition coefficient (Wildman–Crippen LogP) is 2.40. The number of rotatable bonds is 6. The number of carbonyl (C=O) groups excluding carboxylic acids is 1. The van der Waals surface area contributed by atoms with Crippen LogP contribution in [-0.4, -0.2) is 37.4 Å². The third-order valence-electron chi connectivity index (χ3n) is 2.09. The Bertz CT molecular complexity index is 364. The molecule has 17 heavy (non-hydrogen) atoms. The number of aliphatic hydroxyl groups excluding tert-OH is 1. The lowest BCUT2D eigenvalue weighted by Crippen LogP contribution is -2.37. The molecule has 0 spiro atoms. The molecule has 1 aromatic rings. The number of carbonyl (C=O) groups is 1. The van der Waals surface area contributed by atoms with Crippen molar-refractivity contribution in [3.63, 3.8) is 0 Å². The molecule has 0 saturated heterocycles. The summed E-state index contributed by atoms with van der Waals surface area (Å²) in [5.74, 6) is -0.184. The number of aliphatic hydroxyl groups is 1. The van der Waals surface area contributed by atoms with Crippen LogP contribution < -0.4 is 5.32 Å². The maximum atomic E-state index is 11.8. The van der Waals surface area contributed by atoms with Gasteiger partial charge in [0.05, 0.1) is 21.3 Å². The summed E-state index contributed by atoms with van der Waals surface area (Å²) in [5.41, 5.74) is 0. The number of hydrogen-bond donors (Lipinski definition) is 2. The van der Waals surface area contributed by atoms with Gasteiger partial charge in [0.2, 0.25) is 0 Å². The Morgan fingerprint density at radius 3 is 2.82 bits per heavy atom. The highest BCUT2D eigenvalue weighted by Gasteiger charge is 2.16. The van der Waals surface area contributed by atoms with Crippen LogP contribution in [0.4, 0.5) is 0 Å². The van der Waals surface area contributed by atoms with Gasteiger partial charge in [0.25, 0.3) is 5.91 Å². The van der Waals surface area contributed by atoms with E-state index in [-0.39, 0.29) is 18.6 Å². The number of halogens is 2. The van der Waals surface area contributed by atoms with Crippen LogP contribution in [-0.2, 0) is 4.74 Å². The Balaban J connectivity index is 2.58. The second-order valence-electron chi connectivity index (χ2n) is 3.37. The smallest absolute Gasteiger partial charge is 0.261 e. The van der Waals surface area contributed by atoms with Crippen LogP contribution in [0.2, 0.25) is 0 Å². The van der Waals surface area contributed by atoms with Gasteiger partial charge in [-0.2, -0.15) is 0 Å². The number of thiophene rings is 1. The van der Waals surface area contributed by atoms with E-state index < -0.39 is 0 Å². The van der Waals surface area contributed by atoms with E-state index in [1.165, 1.54) is 11.3 Å². The first kappa shape index (κ1) is 15.1. The fraction of sp³-hybridized carbons (Fsp3) is 0.500. The highest BCUT2D eigenvalue weighted by atomic mass is 79.9. The molecular formula is C10H13Br2NO3S. The molecule has 1 unspecified atom stereocenters. The first-order valence-electron chi connectivity index (χ1n) is 4.94. The number of methoxy groups -OCH3 is 1. The van der Waals surface area contributed by atoms with Gasteiger partial charge in [0, 0.05) is 18.2 Å². The molecule has 0 saturated carbocycles. The van der Waals surface area contributed by atoms with Crippen molar-refractivity contribution in [2.24, 2.45) is 0 Å². The summed E-state index contributed by atoms with van der Waals surface area (Å²) in [6.07, 6.45) is 0.590. The zero-order valence-electron chi connectivity index (χ0n) is 9.20. The molecular weight excluding hydrogens is 374 g/mol. The van der Waals surface area contributed by atoms with E-state index in [0.29, 0.717) is 17.9 Å². The molecule has 0 radical (unpaired) electrons. The van der Waals surface area contributed by atoms with E-state index >= 15 is 0 Å². The standard InChI is InChI=1S/C10H13Br2NO3S/c1-16-3-2-6(5-14)13-10(15)8-4-7(11)9(12)17-8/h4,6,14H,2-3,5H2,1H3,(H,13,15). The molecule has 0 aliphatic carbocycles. The summed E-state index contributed by atoms with van der Waals surface area (Å²) >= 11 is 8.00. The van der Waals surface area contributed by atoms with Crippen LogP contribution in [0.5, 0.6) is 0 Å². The molecule has 0 aliphatic heterocycles. The highest BCUT2D eigenvalue weighted by Crippen LogP contribution is 2.32. The molecule has 1 rings (SSSR count). The van der Waals surface area contributed by atoms with Crippen molar-refractivity contribution < 1.29 is 14.6 Å². The SMILES string of the molecule is COCCC(CO)NC(=O)c1cc(Br)c(Br)s1. The van der Waals surface area contributed by atoms with Gasteiger partial charge in [-0.3, -0.25) is 4.79 Å². The molecule has 96 valence electrons. The lowest BCUT2D eigenvalue weighted by Gasteiger charge is -2.14. The van der Waals surface area contributed by atoms with E-state index in [1.807, 2.05) is 0 Å². The fourth-order valence-corrected chi connectivity index (χ4v) is 3.12. The molecule has 0 bridgehead atoms. The normalized spacial score (nSPS) is 12.5. The van der Waals surface area contributed by atoms with Crippen LogP contribution in [0.15, 0.2) is 14.3 Å². The minimum Gasteiger partial charge on any atom is -0.394 e. The largest absolute Gasteiger partial charge is 0.394 e. The van der Waals surface area contributed by atoms with Gasteiger partial charge in [0.15, 0.2) is 0 Å². The summed E-state index contributed by atoms with van der Waals surface area (Å²) in [7, 11) is 1.59. The molecule has 0 fully saturated rings. The average molecular weight is 387 g/mol. The van der Waals surface area contributed by atoms with Crippen molar-refractivity contribution in [2.45, 2.75) is 12.5 Å². The molecule has 0 aliphatic rings. The molecule has 0 aromatic carbocycles. The molecule has 1 aromatic heterocycles. The summed E-state index contributed by atoms with van der Waals surface area (Å²) in [6.45, 7) is 0.409. The van der Waals surface area contributed by atoms with Crippen molar-refractivity contribution in [1.29, 1.82) is 0 Å². The Morgan fingerprint density at radius 2 is 2.35 bits per heavy atom. The van der Waals surface area contributed by atoms with Crippen molar-refractivity contribution in [2.75, 3.05) is 20.3 Å². The van der Waals surface area contributed by atoms with Gasteiger partial charge < -0.3 is 15.2 Å². The van der Waals surface area contributed by atoms with Crippen molar-refractivity contribution in [3.05, 3.63) is 19.2 Å². The van der Waals surface area contributed by atoms with Gasteiger partial charge in [-0.25, -0.2) is 0 Å². The maximum Gasteiger partial charge on any atom is 0.261 e. The van der Waals surface area contributed by atoms with Crippen molar-refractivity contribution in [1.82, 2.24) is 5.32 Å². The summed E-state index contributed by atoms with van der Waals surface area (Å²) in [6, 6.07) is 1.47. The number of ether oxygens (including phenoxy) is 1. The minimum absolute atomic E-state index is 0.0944. The summed E-state index contributed by atoms with van der Waals surface area (Å²) < 4.78 is 6.64. The highest BCUT2D eigenvalue weighted by molar-refractivity contribution is 9.13. The van der Waals surface area contributed by atoms with Crippen LogP contribution in [0.25, 0.3) is 0 Å².